The van der Waals surface area contributed by atoms with Crippen LogP contribution in [0.25, 0.3) is 22.7 Å². The zero-order chi connectivity index (χ0) is 17.2. The predicted octanol–water partition coefficient (Wildman–Crippen LogP) is 3.85. The summed E-state index contributed by atoms with van der Waals surface area (Å²) in [6.07, 6.45) is 4.83. The van der Waals surface area contributed by atoms with E-state index in [1.807, 2.05) is 31.2 Å². The van der Waals surface area contributed by atoms with E-state index in [1.165, 1.54) is 6.20 Å². The van der Waals surface area contributed by atoms with Crippen LogP contribution in [0.15, 0.2) is 65.5 Å². The number of hydrogen-bond acceptors (Lipinski definition) is 5. The van der Waals surface area contributed by atoms with Crippen molar-refractivity contribution in [2.75, 3.05) is 5.32 Å². The summed E-state index contributed by atoms with van der Waals surface area (Å²) in [5, 5.41) is 2.91. The van der Waals surface area contributed by atoms with Gasteiger partial charge in [-0.3, -0.25) is 9.78 Å². The fraction of sp³-hybridized carbons (Fsp3) is 0.0526. The minimum atomic E-state index is -0.215. The lowest BCUT2D eigenvalue weighted by Gasteiger charge is -2.10. The van der Waals surface area contributed by atoms with E-state index >= 15 is 0 Å². The van der Waals surface area contributed by atoms with Crippen LogP contribution in [0.3, 0.4) is 0 Å². The average Bonchev–Trinajstić information content (AvgIpc) is 3.08. The summed E-state index contributed by atoms with van der Waals surface area (Å²) in [7, 11) is 0. The van der Waals surface area contributed by atoms with Crippen molar-refractivity contribution in [2.45, 2.75) is 6.92 Å². The molecule has 0 aliphatic heterocycles. The van der Waals surface area contributed by atoms with Crippen LogP contribution in [0.4, 0.5) is 5.69 Å². The Kier molecular flexibility index (Phi) is 3.70. The SMILES string of the molecule is Cc1c(NC(=O)c2cccnc2)cccc1-c1nc2ncccc2o1. The van der Waals surface area contributed by atoms with Crippen molar-refractivity contribution in [1.29, 1.82) is 0 Å². The van der Waals surface area contributed by atoms with Gasteiger partial charge in [0.1, 0.15) is 0 Å². The lowest BCUT2D eigenvalue weighted by Crippen LogP contribution is -2.13. The van der Waals surface area contributed by atoms with Gasteiger partial charge in [-0.1, -0.05) is 6.07 Å². The molecule has 0 bridgehead atoms. The maximum Gasteiger partial charge on any atom is 0.257 e. The number of rotatable bonds is 3. The highest BCUT2D eigenvalue weighted by molar-refractivity contribution is 6.04. The van der Waals surface area contributed by atoms with E-state index < -0.39 is 0 Å². The number of oxazole rings is 1. The third kappa shape index (κ3) is 2.85. The van der Waals surface area contributed by atoms with Crippen LogP contribution < -0.4 is 5.32 Å². The van der Waals surface area contributed by atoms with Crippen LogP contribution in [0, 0.1) is 6.92 Å². The molecule has 122 valence electrons. The second-order valence-electron chi connectivity index (χ2n) is 5.52. The molecule has 6 heteroatoms. The molecule has 1 N–H and O–H groups in total. The van der Waals surface area contributed by atoms with Crippen LogP contribution in [-0.2, 0) is 0 Å². The molecule has 4 rings (SSSR count). The van der Waals surface area contributed by atoms with Crippen LogP contribution in [0.1, 0.15) is 15.9 Å². The molecule has 0 unspecified atom stereocenters. The molecule has 0 atom stereocenters. The zero-order valence-corrected chi connectivity index (χ0v) is 13.4. The normalized spacial score (nSPS) is 10.8. The molecule has 0 aliphatic rings. The molecule has 0 spiro atoms. The number of pyridine rings is 2. The summed E-state index contributed by atoms with van der Waals surface area (Å²) in [4.78, 5) is 24.9. The first-order valence-electron chi connectivity index (χ1n) is 7.75. The maximum atomic E-state index is 12.4. The molecule has 6 nitrogen and oxygen atoms in total. The Morgan fingerprint density at radius 1 is 1.08 bits per heavy atom. The first-order valence-corrected chi connectivity index (χ1v) is 7.75. The minimum Gasteiger partial charge on any atom is -0.434 e. The number of anilines is 1. The van der Waals surface area contributed by atoms with E-state index in [0.29, 0.717) is 28.4 Å². The number of hydrogen-bond donors (Lipinski definition) is 1. The highest BCUT2D eigenvalue weighted by Gasteiger charge is 2.15. The summed E-state index contributed by atoms with van der Waals surface area (Å²) >= 11 is 0. The molecule has 0 saturated carbocycles. The number of nitrogens with zero attached hydrogens (tertiary/aromatic N) is 3. The van der Waals surface area contributed by atoms with Crippen LogP contribution in [0.5, 0.6) is 0 Å². The highest BCUT2D eigenvalue weighted by Crippen LogP contribution is 2.30. The van der Waals surface area contributed by atoms with Crippen molar-refractivity contribution < 1.29 is 9.21 Å². The maximum absolute atomic E-state index is 12.4. The zero-order valence-electron chi connectivity index (χ0n) is 13.4. The Balaban J connectivity index is 1.69. The lowest BCUT2D eigenvalue weighted by molar-refractivity contribution is 0.102. The molecule has 0 fully saturated rings. The fourth-order valence-electron chi connectivity index (χ4n) is 2.58. The van der Waals surface area contributed by atoms with E-state index in [0.717, 1.165) is 11.1 Å². The first kappa shape index (κ1) is 15.0. The molecule has 0 saturated heterocycles. The molecule has 4 aromatic rings. The standard InChI is InChI=1S/C19H14N4O2/c1-12-14(19-23-17-16(25-19)8-4-10-21-17)6-2-7-15(12)22-18(24)13-5-3-9-20-11-13/h2-11H,1H3,(H,22,24). The van der Waals surface area contributed by atoms with Gasteiger partial charge in [0.15, 0.2) is 11.2 Å². The van der Waals surface area contributed by atoms with Gasteiger partial charge in [-0.25, -0.2) is 4.98 Å². The molecule has 1 aromatic carbocycles. The number of fused-ring (bicyclic) bond motifs is 1. The van der Waals surface area contributed by atoms with Crippen LogP contribution in [0.2, 0.25) is 0 Å². The highest BCUT2D eigenvalue weighted by atomic mass is 16.3. The second-order valence-corrected chi connectivity index (χ2v) is 5.52. The summed E-state index contributed by atoms with van der Waals surface area (Å²) in [6, 6.07) is 12.7. The fourth-order valence-corrected chi connectivity index (χ4v) is 2.58. The summed E-state index contributed by atoms with van der Waals surface area (Å²) in [5.41, 5.74) is 4.05. The third-order valence-corrected chi connectivity index (χ3v) is 3.90. The quantitative estimate of drug-likeness (QED) is 0.617. The number of benzene rings is 1. The van der Waals surface area contributed by atoms with Crippen molar-refractivity contribution in [2.24, 2.45) is 0 Å². The lowest BCUT2D eigenvalue weighted by atomic mass is 10.1. The Bertz CT molecular complexity index is 1020. The number of aromatic nitrogens is 3. The number of amides is 1. The Morgan fingerprint density at radius 3 is 2.76 bits per heavy atom. The second kappa shape index (κ2) is 6.16. The first-order chi connectivity index (χ1) is 12.2. The molecular formula is C19H14N4O2. The molecule has 3 aromatic heterocycles. The van der Waals surface area contributed by atoms with E-state index in [1.54, 1.807) is 30.6 Å². The van der Waals surface area contributed by atoms with Crippen molar-refractivity contribution in [3.8, 4) is 11.5 Å². The smallest absolute Gasteiger partial charge is 0.257 e. The Morgan fingerprint density at radius 2 is 1.96 bits per heavy atom. The van der Waals surface area contributed by atoms with Gasteiger partial charge in [0.2, 0.25) is 5.89 Å². The van der Waals surface area contributed by atoms with Gasteiger partial charge in [0.05, 0.1) is 5.56 Å². The van der Waals surface area contributed by atoms with Gasteiger partial charge in [-0.05, 0) is 48.9 Å². The van der Waals surface area contributed by atoms with Crippen molar-refractivity contribution in [3.63, 3.8) is 0 Å². The third-order valence-electron chi connectivity index (χ3n) is 3.90. The van der Waals surface area contributed by atoms with E-state index in [4.69, 9.17) is 4.42 Å². The largest absolute Gasteiger partial charge is 0.434 e. The topological polar surface area (TPSA) is 80.9 Å². The van der Waals surface area contributed by atoms with E-state index in [9.17, 15) is 4.79 Å². The van der Waals surface area contributed by atoms with Crippen LogP contribution in [-0.4, -0.2) is 20.9 Å². The number of nitrogens with one attached hydrogen (secondary N) is 1. The number of carbonyl (C=O) groups excluding carboxylic acids is 1. The van der Waals surface area contributed by atoms with Crippen LogP contribution >= 0.6 is 0 Å². The monoisotopic (exact) mass is 330 g/mol. The molecule has 25 heavy (non-hydrogen) atoms. The molecule has 0 radical (unpaired) electrons. The van der Waals surface area contributed by atoms with Crippen molar-refractivity contribution >= 4 is 22.8 Å². The van der Waals surface area contributed by atoms with Gasteiger partial charge >= 0.3 is 0 Å². The van der Waals surface area contributed by atoms with Gasteiger partial charge < -0.3 is 9.73 Å². The molecular weight excluding hydrogens is 316 g/mol. The molecule has 3 heterocycles. The summed E-state index contributed by atoms with van der Waals surface area (Å²) < 4.78 is 5.78. The minimum absolute atomic E-state index is 0.215. The predicted molar refractivity (Wildman–Crippen MR) is 94.2 cm³/mol. The Labute approximate surface area is 143 Å². The van der Waals surface area contributed by atoms with E-state index in [-0.39, 0.29) is 5.91 Å². The van der Waals surface area contributed by atoms with Gasteiger partial charge in [-0.15, -0.1) is 0 Å². The molecule has 0 aliphatic carbocycles. The average molecular weight is 330 g/mol. The van der Waals surface area contributed by atoms with Crippen molar-refractivity contribution in [3.05, 3.63) is 72.2 Å². The van der Waals surface area contributed by atoms with Gasteiger partial charge in [0, 0.05) is 29.8 Å². The number of carbonyl (C=O) groups is 1. The summed E-state index contributed by atoms with van der Waals surface area (Å²) in [6.45, 7) is 1.91. The van der Waals surface area contributed by atoms with E-state index in [2.05, 4.69) is 20.3 Å². The molecule has 1 amide bonds. The van der Waals surface area contributed by atoms with Gasteiger partial charge in [-0.2, -0.15) is 4.98 Å². The summed E-state index contributed by atoms with van der Waals surface area (Å²) in [5.74, 6) is 0.260. The van der Waals surface area contributed by atoms with Crippen molar-refractivity contribution in [1.82, 2.24) is 15.0 Å². The van der Waals surface area contributed by atoms with Gasteiger partial charge in [0.25, 0.3) is 5.91 Å². The Hall–Kier alpha value is -3.54.